The Kier molecular flexibility index (Phi) is 3.99. The topological polar surface area (TPSA) is 66.3 Å². The molecule has 3 rings (SSSR count). The number of aromatic nitrogens is 2. The number of aliphatic carboxylic acids is 1. The third kappa shape index (κ3) is 3.12. The van der Waals surface area contributed by atoms with E-state index in [2.05, 4.69) is 14.9 Å². The Hall–Kier alpha value is -2.17. The second-order valence-corrected chi connectivity index (χ2v) is 5.60. The van der Waals surface area contributed by atoms with Crippen molar-refractivity contribution in [3.8, 4) is 0 Å². The molecule has 0 aliphatic carbocycles. The van der Waals surface area contributed by atoms with E-state index in [1.807, 2.05) is 24.3 Å². The molecule has 2 aromatic rings. The van der Waals surface area contributed by atoms with Gasteiger partial charge in [-0.15, -0.1) is 0 Å². The number of carboxylic acids is 1. The number of carboxylic acid groups (broad SMARTS) is 1. The Bertz CT molecular complexity index is 639. The summed E-state index contributed by atoms with van der Waals surface area (Å²) in [6.07, 6.45) is 4.80. The lowest BCUT2D eigenvalue weighted by molar-refractivity contribution is -0.137. The summed E-state index contributed by atoms with van der Waals surface area (Å²) in [4.78, 5) is 21.8. The largest absolute Gasteiger partial charge is 0.481 e. The van der Waals surface area contributed by atoms with Crippen LogP contribution < -0.4 is 4.90 Å². The number of nitrogens with zero attached hydrogens (tertiary/aromatic N) is 3. The first-order valence-corrected chi connectivity index (χ1v) is 7.40. The number of hydrogen-bond donors (Lipinski definition) is 1. The van der Waals surface area contributed by atoms with Crippen LogP contribution in [0, 0.1) is 5.92 Å². The number of fused-ring (bicyclic) bond motifs is 1. The highest BCUT2D eigenvalue weighted by Crippen LogP contribution is 2.28. The van der Waals surface area contributed by atoms with Crippen LogP contribution in [0.2, 0.25) is 0 Å². The molecule has 5 nitrogen and oxygen atoms in total. The molecular formula is C16H19N3O2. The lowest BCUT2D eigenvalue weighted by atomic mass is 9.93. The van der Waals surface area contributed by atoms with Crippen LogP contribution in [0.25, 0.3) is 10.9 Å². The third-order valence-electron chi connectivity index (χ3n) is 4.11. The second-order valence-electron chi connectivity index (χ2n) is 5.60. The molecule has 0 spiro atoms. The first-order valence-electron chi connectivity index (χ1n) is 7.40. The molecule has 1 atom stereocenters. The van der Waals surface area contributed by atoms with Gasteiger partial charge in [0.05, 0.1) is 5.52 Å². The summed E-state index contributed by atoms with van der Waals surface area (Å²) in [5.41, 5.74) is 0.954. The number of rotatable bonds is 4. The van der Waals surface area contributed by atoms with E-state index in [1.54, 1.807) is 6.33 Å². The fourth-order valence-electron chi connectivity index (χ4n) is 3.06. The van der Waals surface area contributed by atoms with Gasteiger partial charge in [-0.25, -0.2) is 9.97 Å². The number of anilines is 1. The number of carbonyl (C=O) groups is 1. The Morgan fingerprint density at radius 3 is 3.05 bits per heavy atom. The van der Waals surface area contributed by atoms with Crippen LogP contribution in [0.15, 0.2) is 30.6 Å². The third-order valence-corrected chi connectivity index (χ3v) is 4.11. The van der Waals surface area contributed by atoms with E-state index in [4.69, 9.17) is 5.11 Å². The normalized spacial score (nSPS) is 18.9. The minimum absolute atomic E-state index is 0.253. The smallest absolute Gasteiger partial charge is 0.303 e. The summed E-state index contributed by atoms with van der Waals surface area (Å²) in [7, 11) is 0. The van der Waals surface area contributed by atoms with Crippen molar-refractivity contribution in [3.63, 3.8) is 0 Å². The second kappa shape index (κ2) is 6.08. The van der Waals surface area contributed by atoms with Gasteiger partial charge < -0.3 is 10.0 Å². The minimum atomic E-state index is -0.709. The van der Waals surface area contributed by atoms with Crippen molar-refractivity contribution in [3.05, 3.63) is 30.6 Å². The van der Waals surface area contributed by atoms with Crippen LogP contribution in [-0.2, 0) is 4.79 Å². The predicted molar refractivity (Wildman–Crippen MR) is 81.3 cm³/mol. The molecule has 1 N–H and O–H groups in total. The van der Waals surface area contributed by atoms with Crippen LogP contribution in [0.5, 0.6) is 0 Å². The Morgan fingerprint density at radius 1 is 1.33 bits per heavy atom. The molecule has 2 heterocycles. The SMILES string of the molecule is O=C(O)CCC1CCCN(c2ncnc3ccccc23)C1. The van der Waals surface area contributed by atoms with E-state index >= 15 is 0 Å². The van der Waals surface area contributed by atoms with Crippen molar-refractivity contribution in [2.75, 3.05) is 18.0 Å². The van der Waals surface area contributed by atoms with Crippen LogP contribution in [-0.4, -0.2) is 34.1 Å². The van der Waals surface area contributed by atoms with Crippen molar-refractivity contribution in [2.45, 2.75) is 25.7 Å². The van der Waals surface area contributed by atoms with E-state index in [1.165, 1.54) is 0 Å². The molecule has 1 aromatic carbocycles. The monoisotopic (exact) mass is 285 g/mol. The Labute approximate surface area is 123 Å². The van der Waals surface area contributed by atoms with Crippen LogP contribution in [0.1, 0.15) is 25.7 Å². The fraction of sp³-hybridized carbons (Fsp3) is 0.438. The number of para-hydroxylation sites is 1. The molecular weight excluding hydrogens is 266 g/mol. The highest BCUT2D eigenvalue weighted by Gasteiger charge is 2.22. The average Bonchev–Trinajstić information content (AvgIpc) is 2.52. The van der Waals surface area contributed by atoms with Crippen molar-refractivity contribution in [1.29, 1.82) is 0 Å². The van der Waals surface area contributed by atoms with E-state index in [-0.39, 0.29) is 6.42 Å². The summed E-state index contributed by atoms with van der Waals surface area (Å²) >= 11 is 0. The van der Waals surface area contributed by atoms with Gasteiger partial charge in [0.15, 0.2) is 0 Å². The first-order chi connectivity index (χ1) is 10.2. The molecule has 5 heteroatoms. The lowest BCUT2D eigenvalue weighted by Gasteiger charge is -2.34. The molecule has 1 aliphatic heterocycles. The number of hydrogen-bond acceptors (Lipinski definition) is 4. The standard InChI is InChI=1S/C16H19N3O2/c20-15(21)8-7-12-4-3-9-19(10-12)16-13-5-1-2-6-14(13)17-11-18-16/h1-2,5-6,11-12H,3-4,7-10H2,(H,20,21). The molecule has 0 saturated carbocycles. The van der Waals surface area contributed by atoms with Crippen molar-refractivity contribution >= 4 is 22.7 Å². The minimum Gasteiger partial charge on any atom is -0.481 e. The van der Waals surface area contributed by atoms with E-state index in [0.717, 1.165) is 49.1 Å². The van der Waals surface area contributed by atoms with Gasteiger partial charge >= 0.3 is 5.97 Å². The van der Waals surface area contributed by atoms with Gasteiger partial charge in [-0.05, 0) is 37.3 Å². The molecule has 1 unspecified atom stereocenters. The molecule has 1 saturated heterocycles. The fourth-order valence-corrected chi connectivity index (χ4v) is 3.06. The molecule has 0 bridgehead atoms. The van der Waals surface area contributed by atoms with Gasteiger partial charge in [-0.3, -0.25) is 4.79 Å². The molecule has 0 radical (unpaired) electrons. The summed E-state index contributed by atoms with van der Waals surface area (Å²) < 4.78 is 0. The molecule has 1 fully saturated rings. The zero-order chi connectivity index (χ0) is 14.7. The molecule has 1 aliphatic rings. The van der Waals surface area contributed by atoms with Gasteiger partial charge in [-0.2, -0.15) is 0 Å². The maximum absolute atomic E-state index is 10.7. The predicted octanol–water partition coefficient (Wildman–Crippen LogP) is 2.71. The highest BCUT2D eigenvalue weighted by molar-refractivity contribution is 5.89. The highest BCUT2D eigenvalue weighted by atomic mass is 16.4. The Balaban J connectivity index is 1.80. The zero-order valence-corrected chi connectivity index (χ0v) is 11.9. The van der Waals surface area contributed by atoms with Crippen molar-refractivity contribution in [2.24, 2.45) is 5.92 Å². The molecule has 110 valence electrons. The number of benzene rings is 1. The Morgan fingerprint density at radius 2 is 2.19 bits per heavy atom. The van der Waals surface area contributed by atoms with Gasteiger partial charge in [-0.1, -0.05) is 12.1 Å². The van der Waals surface area contributed by atoms with Crippen molar-refractivity contribution < 1.29 is 9.90 Å². The maximum atomic E-state index is 10.7. The maximum Gasteiger partial charge on any atom is 0.303 e. The van der Waals surface area contributed by atoms with E-state index < -0.39 is 5.97 Å². The van der Waals surface area contributed by atoms with E-state index in [0.29, 0.717) is 5.92 Å². The number of piperidine rings is 1. The van der Waals surface area contributed by atoms with Gasteiger partial charge in [0, 0.05) is 24.9 Å². The quantitative estimate of drug-likeness (QED) is 0.935. The van der Waals surface area contributed by atoms with Crippen molar-refractivity contribution in [1.82, 2.24) is 9.97 Å². The molecule has 21 heavy (non-hydrogen) atoms. The van der Waals surface area contributed by atoms with E-state index in [9.17, 15) is 4.79 Å². The van der Waals surface area contributed by atoms with Crippen LogP contribution in [0.3, 0.4) is 0 Å². The zero-order valence-electron chi connectivity index (χ0n) is 11.9. The van der Waals surface area contributed by atoms with Crippen LogP contribution in [0.4, 0.5) is 5.82 Å². The summed E-state index contributed by atoms with van der Waals surface area (Å²) in [6.45, 7) is 1.86. The molecule has 0 amide bonds. The average molecular weight is 285 g/mol. The van der Waals surface area contributed by atoms with Gasteiger partial charge in [0.25, 0.3) is 0 Å². The summed E-state index contributed by atoms with van der Waals surface area (Å²) in [5, 5.41) is 9.90. The van der Waals surface area contributed by atoms with Gasteiger partial charge in [0.2, 0.25) is 0 Å². The first kappa shape index (κ1) is 13.8. The summed E-state index contributed by atoms with van der Waals surface area (Å²) in [5.74, 6) is 0.698. The van der Waals surface area contributed by atoms with Crippen LogP contribution >= 0.6 is 0 Å². The lowest BCUT2D eigenvalue weighted by Crippen LogP contribution is -2.36. The van der Waals surface area contributed by atoms with Gasteiger partial charge in [0.1, 0.15) is 12.1 Å². The molecule has 1 aromatic heterocycles. The summed E-state index contributed by atoms with van der Waals surface area (Å²) in [6, 6.07) is 8.02.